The summed E-state index contributed by atoms with van der Waals surface area (Å²) < 4.78 is 0.979. The maximum absolute atomic E-state index is 13.7. The van der Waals surface area contributed by atoms with Gasteiger partial charge in [-0.25, -0.2) is 0 Å². The molecule has 0 aliphatic carbocycles. The average molecular weight is 521 g/mol. The van der Waals surface area contributed by atoms with Crippen LogP contribution in [0.1, 0.15) is 42.0 Å². The van der Waals surface area contributed by atoms with Crippen molar-refractivity contribution >= 4 is 27.7 Å². The first-order valence-corrected chi connectivity index (χ1v) is 12.7. The Labute approximate surface area is 211 Å². The van der Waals surface area contributed by atoms with E-state index >= 15 is 0 Å². The van der Waals surface area contributed by atoms with E-state index in [2.05, 4.69) is 28.2 Å². The molecule has 0 aliphatic rings. The second kappa shape index (κ2) is 13.1. The van der Waals surface area contributed by atoms with Gasteiger partial charge in [0.25, 0.3) is 0 Å². The molecular weight excluding hydrogens is 488 g/mol. The van der Waals surface area contributed by atoms with Gasteiger partial charge in [0.15, 0.2) is 0 Å². The molecule has 0 radical (unpaired) electrons. The Kier molecular flexibility index (Phi) is 9.89. The maximum atomic E-state index is 13.7. The molecule has 1 unspecified atom stereocenters. The number of halogens is 1. The largest absolute Gasteiger partial charge is 0.354 e. The van der Waals surface area contributed by atoms with Crippen LogP contribution in [0.3, 0.4) is 0 Å². The van der Waals surface area contributed by atoms with E-state index < -0.39 is 6.04 Å². The van der Waals surface area contributed by atoms with Gasteiger partial charge < -0.3 is 10.2 Å². The third-order valence-corrected chi connectivity index (χ3v) is 6.37. The summed E-state index contributed by atoms with van der Waals surface area (Å²) in [6.45, 7) is 5.11. The highest BCUT2D eigenvalue weighted by molar-refractivity contribution is 9.10. The second-order valence-electron chi connectivity index (χ2n) is 8.66. The molecule has 1 atom stereocenters. The number of hydrogen-bond donors (Lipinski definition) is 1. The predicted octanol–water partition coefficient (Wildman–Crippen LogP) is 5.86. The molecule has 0 bridgehead atoms. The van der Waals surface area contributed by atoms with E-state index in [0.29, 0.717) is 19.5 Å². The van der Waals surface area contributed by atoms with Crippen molar-refractivity contribution in [1.29, 1.82) is 0 Å². The van der Waals surface area contributed by atoms with E-state index in [-0.39, 0.29) is 18.2 Å². The standard InChI is InChI=1S/C29H33BrN2O2/c1-3-4-18-31-29(34)27(19-23-8-6-5-7-9-23)32(21-25-14-16-26(30)17-15-25)28(33)20-24-12-10-22(2)11-13-24/h5-17,27H,3-4,18-21H2,1-2H3,(H,31,34). The van der Waals surface area contributed by atoms with Crippen molar-refractivity contribution in [2.75, 3.05) is 6.54 Å². The summed E-state index contributed by atoms with van der Waals surface area (Å²) >= 11 is 3.48. The summed E-state index contributed by atoms with van der Waals surface area (Å²) in [5.41, 5.74) is 4.11. The third-order valence-electron chi connectivity index (χ3n) is 5.84. The number of amides is 2. The number of rotatable bonds is 11. The van der Waals surface area contributed by atoms with Crippen molar-refractivity contribution in [3.8, 4) is 0 Å². The van der Waals surface area contributed by atoms with Crippen LogP contribution in [0.2, 0.25) is 0 Å². The van der Waals surface area contributed by atoms with Gasteiger partial charge in [0.05, 0.1) is 6.42 Å². The number of aryl methyl sites for hydroxylation is 1. The van der Waals surface area contributed by atoms with Crippen LogP contribution in [0.25, 0.3) is 0 Å². The van der Waals surface area contributed by atoms with Crippen LogP contribution in [0.15, 0.2) is 83.3 Å². The van der Waals surface area contributed by atoms with E-state index in [1.165, 1.54) is 0 Å². The van der Waals surface area contributed by atoms with Gasteiger partial charge in [0, 0.05) is 24.0 Å². The normalized spacial score (nSPS) is 11.6. The molecule has 178 valence electrons. The van der Waals surface area contributed by atoms with Gasteiger partial charge in [-0.15, -0.1) is 0 Å². The van der Waals surface area contributed by atoms with E-state index in [0.717, 1.165) is 39.6 Å². The fourth-order valence-electron chi connectivity index (χ4n) is 3.83. The van der Waals surface area contributed by atoms with Crippen molar-refractivity contribution in [2.45, 2.75) is 52.1 Å². The highest BCUT2D eigenvalue weighted by atomic mass is 79.9. The van der Waals surface area contributed by atoms with Crippen molar-refractivity contribution in [3.05, 3.63) is 106 Å². The number of carbonyl (C=O) groups is 2. The molecule has 2 amide bonds. The minimum atomic E-state index is -0.596. The summed E-state index contributed by atoms with van der Waals surface area (Å²) in [6.07, 6.45) is 2.63. The number of hydrogen-bond acceptors (Lipinski definition) is 2. The van der Waals surface area contributed by atoms with Gasteiger partial charge in [-0.1, -0.05) is 102 Å². The van der Waals surface area contributed by atoms with Gasteiger partial charge >= 0.3 is 0 Å². The molecule has 0 saturated heterocycles. The Morgan fingerprint density at radius 1 is 0.882 bits per heavy atom. The zero-order chi connectivity index (χ0) is 24.3. The number of nitrogens with one attached hydrogen (secondary N) is 1. The summed E-state index contributed by atoms with van der Waals surface area (Å²) in [5, 5.41) is 3.07. The fraction of sp³-hybridized carbons (Fsp3) is 0.310. The minimum Gasteiger partial charge on any atom is -0.354 e. The molecule has 4 nitrogen and oxygen atoms in total. The van der Waals surface area contributed by atoms with Gasteiger partial charge in [0.1, 0.15) is 6.04 Å². The van der Waals surface area contributed by atoms with Gasteiger partial charge in [0.2, 0.25) is 11.8 Å². The smallest absolute Gasteiger partial charge is 0.243 e. The lowest BCUT2D eigenvalue weighted by Crippen LogP contribution is -2.51. The first kappa shape index (κ1) is 25.7. The number of carbonyl (C=O) groups excluding carboxylic acids is 2. The predicted molar refractivity (Wildman–Crippen MR) is 141 cm³/mol. The van der Waals surface area contributed by atoms with Gasteiger partial charge in [-0.3, -0.25) is 9.59 Å². The zero-order valence-electron chi connectivity index (χ0n) is 20.0. The Morgan fingerprint density at radius 2 is 1.53 bits per heavy atom. The average Bonchev–Trinajstić information content (AvgIpc) is 2.84. The molecule has 0 aromatic heterocycles. The third kappa shape index (κ3) is 7.84. The van der Waals surface area contributed by atoms with E-state index in [9.17, 15) is 9.59 Å². The molecule has 1 N–H and O–H groups in total. The maximum Gasteiger partial charge on any atom is 0.243 e. The molecule has 0 fully saturated rings. The molecule has 0 saturated carbocycles. The van der Waals surface area contributed by atoms with Crippen LogP contribution in [-0.4, -0.2) is 29.3 Å². The molecule has 0 spiro atoms. The molecular formula is C29H33BrN2O2. The first-order chi connectivity index (χ1) is 16.5. The van der Waals surface area contributed by atoms with Crippen molar-refractivity contribution < 1.29 is 9.59 Å². The first-order valence-electron chi connectivity index (χ1n) is 11.9. The Balaban J connectivity index is 1.92. The summed E-state index contributed by atoms with van der Waals surface area (Å²) in [6, 6.07) is 25.2. The van der Waals surface area contributed by atoms with E-state index in [4.69, 9.17) is 0 Å². The van der Waals surface area contributed by atoms with Crippen molar-refractivity contribution in [3.63, 3.8) is 0 Å². The quantitative estimate of drug-likeness (QED) is 0.322. The lowest BCUT2D eigenvalue weighted by molar-refractivity contribution is -0.140. The van der Waals surface area contributed by atoms with Crippen LogP contribution in [0.4, 0.5) is 0 Å². The van der Waals surface area contributed by atoms with Crippen molar-refractivity contribution in [2.24, 2.45) is 0 Å². The zero-order valence-corrected chi connectivity index (χ0v) is 21.6. The Morgan fingerprint density at radius 3 is 2.18 bits per heavy atom. The van der Waals surface area contributed by atoms with Gasteiger partial charge in [-0.2, -0.15) is 0 Å². The van der Waals surface area contributed by atoms with Crippen LogP contribution in [0.5, 0.6) is 0 Å². The highest BCUT2D eigenvalue weighted by Crippen LogP contribution is 2.18. The fourth-order valence-corrected chi connectivity index (χ4v) is 4.09. The number of benzene rings is 3. The Bertz CT molecular complexity index is 1050. The molecule has 3 rings (SSSR count). The minimum absolute atomic E-state index is 0.0571. The monoisotopic (exact) mass is 520 g/mol. The van der Waals surface area contributed by atoms with E-state index in [1.807, 2.05) is 85.8 Å². The van der Waals surface area contributed by atoms with Gasteiger partial charge in [-0.05, 0) is 42.2 Å². The summed E-state index contributed by atoms with van der Waals surface area (Å²) in [5.74, 6) is -0.162. The lowest BCUT2D eigenvalue weighted by atomic mass is 10.0. The number of nitrogens with zero attached hydrogens (tertiary/aromatic N) is 1. The lowest BCUT2D eigenvalue weighted by Gasteiger charge is -2.32. The molecule has 0 heterocycles. The summed E-state index contributed by atoms with van der Waals surface area (Å²) in [4.78, 5) is 28.8. The van der Waals surface area contributed by atoms with Crippen molar-refractivity contribution in [1.82, 2.24) is 10.2 Å². The highest BCUT2D eigenvalue weighted by Gasteiger charge is 2.30. The van der Waals surface area contributed by atoms with Crippen LogP contribution >= 0.6 is 15.9 Å². The Hall–Kier alpha value is -2.92. The van der Waals surface area contributed by atoms with Crippen LogP contribution < -0.4 is 5.32 Å². The molecule has 3 aromatic carbocycles. The molecule has 5 heteroatoms. The SMILES string of the molecule is CCCCNC(=O)C(Cc1ccccc1)N(Cc1ccc(Br)cc1)C(=O)Cc1ccc(C)cc1. The van der Waals surface area contributed by atoms with E-state index in [1.54, 1.807) is 4.90 Å². The molecule has 0 aliphatic heterocycles. The number of unbranched alkanes of at least 4 members (excludes halogenated alkanes) is 1. The second-order valence-corrected chi connectivity index (χ2v) is 9.58. The van der Waals surface area contributed by atoms with Crippen LogP contribution in [-0.2, 0) is 29.0 Å². The molecule has 3 aromatic rings. The molecule has 34 heavy (non-hydrogen) atoms. The van der Waals surface area contributed by atoms with Crippen LogP contribution in [0, 0.1) is 6.92 Å². The topological polar surface area (TPSA) is 49.4 Å². The summed E-state index contributed by atoms with van der Waals surface area (Å²) in [7, 11) is 0.